The van der Waals surface area contributed by atoms with Crippen LogP contribution in [0.4, 0.5) is 16.4 Å². The summed E-state index contributed by atoms with van der Waals surface area (Å²) in [5, 5.41) is 9.46. The minimum absolute atomic E-state index is 0.0560. The number of sulfonamides is 1. The average Bonchev–Trinajstić information content (AvgIpc) is 3.06. The van der Waals surface area contributed by atoms with Gasteiger partial charge < -0.3 is 10.8 Å². The fourth-order valence-electron chi connectivity index (χ4n) is 2.49. The van der Waals surface area contributed by atoms with Crippen LogP contribution in [0.25, 0.3) is 0 Å². The van der Waals surface area contributed by atoms with Gasteiger partial charge in [0, 0.05) is 5.69 Å². The molecule has 0 unspecified atom stereocenters. The zero-order chi connectivity index (χ0) is 18.9. The number of aromatic carboxylic acids is 1. The summed E-state index contributed by atoms with van der Waals surface area (Å²) < 4.78 is 27.9. The molecule has 6 nitrogen and oxygen atoms in total. The summed E-state index contributed by atoms with van der Waals surface area (Å²) in [5.41, 5.74) is 7.19. The number of thiophene rings is 1. The third-order valence-corrected chi connectivity index (χ3v) is 6.82. The predicted octanol–water partition coefficient (Wildman–Crippen LogP) is 3.86. The van der Waals surface area contributed by atoms with Crippen LogP contribution in [0.15, 0.2) is 65.6 Å². The average molecular weight is 388 g/mol. The first-order valence-corrected chi connectivity index (χ1v) is 9.86. The molecular weight excluding hydrogens is 372 g/mol. The van der Waals surface area contributed by atoms with Crippen LogP contribution in [0.2, 0.25) is 0 Å². The van der Waals surface area contributed by atoms with Crippen molar-refractivity contribution in [2.24, 2.45) is 0 Å². The van der Waals surface area contributed by atoms with E-state index in [2.05, 4.69) is 0 Å². The van der Waals surface area contributed by atoms with Gasteiger partial charge >= 0.3 is 5.97 Å². The minimum Gasteiger partial charge on any atom is -0.477 e. The second kappa shape index (κ2) is 6.81. The molecule has 3 aromatic rings. The van der Waals surface area contributed by atoms with E-state index in [4.69, 9.17) is 5.73 Å². The zero-order valence-corrected chi connectivity index (χ0v) is 15.4. The number of nitrogen functional groups attached to an aromatic ring is 1. The maximum absolute atomic E-state index is 13.4. The Morgan fingerprint density at radius 2 is 1.69 bits per heavy atom. The van der Waals surface area contributed by atoms with E-state index in [0.717, 1.165) is 15.6 Å². The molecule has 134 valence electrons. The van der Waals surface area contributed by atoms with Gasteiger partial charge in [-0.3, -0.25) is 0 Å². The molecule has 0 fully saturated rings. The summed E-state index contributed by atoms with van der Waals surface area (Å²) in [6.07, 6.45) is 0. The molecule has 0 aliphatic carbocycles. The van der Waals surface area contributed by atoms with E-state index in [-0.39, 0.29) is 14.8 Å². The number of aryl methyl sites for hydroxylation is 1. The molecule has 0 saturated heterocycles. The van der Waals surface area contributed by atoms with Crippen LogP contribution in [0, 0.1) is 6.92 Å². The van der Waals surface area contributed by atoms with Crippen molar-refractivity contribution in [1.82, 2.24) is 0 Å². The molecule has 3 N–H and O–H groups in total. The third-order valence-electron chi connectivity index (χ3n) is 3.74. The van der Waals surface area contributed by atoms with Gasteiger partial charge in [-0.2, -0.15) is 0 Å². The van der Waals surface area contributed by atoms with Crippen molar-refractivity contribution in [3.63, 3.8) is 0 Å². The molecule has 0 bridgehead atoms. The van der Waals surface area contributed by atoms with Gasteiger partial charge in [-0.05, 0) is 55.0 Å². The number of carboxylic acid groups (broad SMARTS) is 1. The van der Waals surface area contributed by atoms with Crippen LogP contribution in [0.1, 0.15) is 15.2 Å². The monoisotopic (exact) mass is 388 g/mol. The quantitative estimate of drug-likeness (QED) is 0.646. The highest BCUT2D eigenvalue weighted by Crippen LogP contribution is 2.38. The molecule has 0 amide bonds. The van der Waals surface area contributed by atoms with Gasteiger partial charge in [0.2, 0.25) is 0 Å². The van der Waals surface area contributed by atoms with E-state index in [0.29, 0.717) is 16.9 Å². The predicted molar refractivity (Wildman–Crippen MR) is 103 cm³/mol. The lowest BCUT2D eigenvalue weighted by molar-refractivity contribution is 0.0702. The topological polar surface area (TPSA) is 101 Å². The van der Waals surface area contributed by atoms with Crippen molar-refractivity contribution in [3.05, 3.63) is 71.1 Å². The van der Waals surface area contributed by atoms with Crippen molar-refractivity contribution < 1.29 is 18.3 Å². The van der Waals surface area contributed by atoms with Crippen LogP contribution in [0.3, 0.4) is 0 Å². The van der Waals surface area contributed by atoms with Crippen molar-refractivity contribution in [1.29, 1.82) is 0 Å². The largest absolute Gasteiger partial charge is 0.477 e. The smallest absolute Gasteiger partial charge is 0.345 e. The maximum Gasteiger partial charge on any atom is 0.345 e. The van der Waals surface area contributed by atoms with Gasteiger partial charge in [-0.15, -0.1) is 11.3 Å². The van der Waals surface area contributed by atoms with Crippen molar-refractivity contribution in [2.75, 3.05) is 10.0 Å². The third kappa shape index (κ3) is 3.29. The number of benzene rings is 2. The number of carboxylic acids is 1. The van der Waals surface area contributed by atoms with Gasteiger partial charge in [0.15, 0.2) is 0 Å². The SMILES string of the molecule is Cc1ccccc1S(=O)(=O)N(c1ccc(N)cc1)c1ccc(C(=O)O)s1. The Hall–Kier alpha value is -2.84. The Bertz CT molecular complexity index is 1060. The van der Waals surface area contributed by atoms with Gasteiger partial charge in [0.25, 0.3) is 10.0 Å². The minimum atomic E-state index is -3.95. The van der Waals surface area contributed by atoms with E-state index < -0.39 is 16.0 Å². The van der Waals surface area contributed by atoms with E-state index in [1.165, 1.54) is 18.2 Å². The number of rotatable bonds is 5. The Balaban J connectivity index is 2.21. The molecule has 0 radical (unpaired) electrons. The Morgan fingerprint density at radius 3 is 2.27 bits per heavy atom. The molecule has 0 spiro atoms. The first-order valence-electron chi connectivity index (χ1n) is 7.60. The molecule has 0 saturated carbocycles. The fraction of sp³-hybridized carbons (Fsp3) is 0.0556. The summed E-state index contributed by atoms with van der Waals surface area (Å²) in [6, 6.07) is 15.9. The van der Waals surface area contributed by atoms with Crippen molar-refractivity contribution in [3.8, 4) is 0 Å². The van der Waals surface area contributed by atoms with Gasteiger partial charge in [-0.25, -0.2) is 17.5 Å². The van der Waals surface area contributed by atoms with Crippen LogP contribution in [-0.4, -0.2) is 19.5 Å². The second-order valence-electron chi connectivity index (χ2n) is 5.57. The second-order valence-corrected chi connectivity index (χ2v) is 8.39. The maximum atomic E-state index is 13.4. The van der Waals surface area contributed by atoms with Gasteiger partial charge in [0.05, 0.1) is 10.6 Å². The van der Waals surface area contributed by atoms with Crippen molar-refractivity contribution in [2.45, 2.75) is 11.8 Å². The first-order chi connectivity index (χ1) is 12.3. The van der Waals surface area contributed by atoms with Crippen LogP contribution >= 0.6 is 11.3 Å². The lowest BCUT2D eigenvalue weighted by Gasteiger charge is -2.24. The highest BCUT2D eigenvalue weighted by Gasteiger charge is 2.29. The number of carbonyl (C=O) groups is 1. The molecule has 3 rings (SSSR count). The van der Waals surface area contributed by atoms with Crippen LogP contribution < -0.4 is 10.0 Å². The van der Waals surface area contributed by atoms with Crippen LogP contribution in [-0.2, 0) is 10.0 Å². The lowest BCUT2D eigenvalue weighted by atomic mass is 10.2. The van der Waals surface area contributed by atoms with E-state index in [1.807, 2.05) is 0 Å². The normalized spacial score (nSPS) is 11.3. The highest BCUT2D eigenvalue weighted by atomic mass is 32.2. The van der Waals surface area contributed by atoms with E-state index in [1.54, 1.807) is 49.4 Å². The summed E-state index contributed by atoms with van der Waals surface area (Å²) in [4.78, 5) is 11.4. The Kier molecular flexibility index (Phi) is 4.71. The zero-order valence-electron chi connectivity index (χ0n) is 13.8. The number of hydrogen-bond acceptors (Lipinski definition) is 5. The molecule has 0 atom stereocenters. The molecule has 8 heteroatoms. The van der Waals surface area contributed by atoms with Gasteiger partial charge in [-0.1, -0.05) is 18.2 Å². The molecule has 2 aromatic carbocycles. The number of nitrogens with two attached hydrogens (primary N) is 1. The summed E-state index contributed by atoms with van der Waals surface area (Å²) in [6.45, 7) is 1.71. The molecular formula is C18H16N2O4S2. The molecule has 0 aliphatic rings. The number of anilines is 3. The van der Waals surface area contributed by atoms with Gasteiger partial charge in [0.1, 0.15) is 9.88 Å². The van der Waals surface area contributed by atoms with Crippen LogP contribution in [0.5, 0.6) is 0 Å². The summed E-state index contributed by atoms with van der Waals surface area (Å²) in [7, 11) is -3.95. The Labute approximate surface area is 155 Å². The lowest BCUT2D eigenvalue weighted by Crippen LogP contribution is -2.26. The first kappa shape index (κ1) is 18.0. The summed E-state index contributed by atoms with van der Waals surface area (Å²) >= 11 is 0.891. The number of nitrogens with zero attached hydrogens (tertiary/aromatic N) is 1. The summed E-state index contributed by atoms with van der Waals surface area (Å²) in [5.74, 6) is -1.10. The standard InChI is InChI=1S/C18H16N2O4S2/c1-12-4-2-3-5-16(12)26(23,24)20(14-8-6-13(19)7-9-14)17-11-10-15(25-17)18(21)22/h2-11H,19H2,1H3,(H,21,22). The molecule has 0 aliphatic heterocycles. The molecule has 26 heavy (non-hydrogen) atoms. The van der Waals surface area contributed by atoms with E-state index >= 15 is 0 Å². The van der Waals surface area contributed by atoms with E-state index in [9.17, 15) is 18.3 Å². The Morgan fingerprint density at radius 1 is 1.04 bits per heavy atom. The van der Waals surface area contributed by atoms with Crippen molar-refractivity contribution >= 4 is 43.7 Å². The molecule has 1 heterocycles. The number of hydrogen-bond donors (Lipinski definition) is 2. The molecule has 1 aromatic heterocycles. The fourth-order valence-corrected chi connectivity index (χ4v) is 5.29. The highest BCUT2D eigenvalue weighted by molar-refractivity contribution is 7.93.